The molecule has 21 heavy (non-hydrogen) atoms. The van der Waals surface area contributed by atoms with Gasteiger partial charge in [0, 0.05) is 11.8 Å². The lowest BCUT2D eigenvalue weighted by atomic mass is 10.1. The van der Waals surface area contributed by atoms with Gasteiger partial charge in [-0.2, -0.15) is 0 Å². The molecule has 1 amide bonds. The number of thioether (sulfide) groups is 1. The lowest BCUT2D eigenvalue weighted by Crippen LogP contribution is -2.46. The number of rotatable bonds is 6. The molecule has 1 atom stereocenters. The maximum absolute atomic E-state index is 12.5. The van der Waals surface area contributed by atoms with E-state index in [1.165, 1.54) is 5.56 Å². The molecular weight excluding hydrogens is 280 g/mol. The number of benzene rings is 1. The van der Waals surface area contributed by atoms with Gasteiger partial charge >= 0.3 is 0 Å². The number of carbonyl (C=O) groups excluding carboxylic acids is 1. The Bertz CT molecular complexity index is 430. The summed E-state index contributed by atoms with van der Waals surface area (Å²) in [4.78, 5) is 12.5. The fourth-order valence-electron chi connectivity index (χ4n) is 2.58. The Kier molecular flexibility index (Phi) is 6.58. The van der Waals surface area contributed by atoms with Gasteiger partial charge in [-0.05, 0) is 37.4 Å². The summed E-state index contributed by atoms with van der Waals surface area (Å²) in [5, 5.41) is 6.59. The minimum atomic E-state index is 0.0279. The van der Waals surface area contributed by atoms with Gasteiger partial charge in [0.25, 0.3) is 0 Å². The third-order valence-corrected chi connectivity index (χ3v) is 5.44. The summed E-state index contributed by atoms with van der Waals surface area (Å²) < 4.78 is 0. The summed E-state index contributed by atoms with van der Waals surface area (Å²) >= 11 is 1.75. The summed E-state index contributed by atoms with van der Waals surface area (Å²) in [5.41, 5.74) is 1.28. The standard InChI is InChI=1S/C17H26N2OS/c1-13(2)16(21-12-14-6-4-3-5-7-14)17(20)19-15-8-10-18-11-9-15/h3-7,13,15-16,18H,8-12H2,1-2H3,(H,19,20). The second kappa shape index (κ2) is 8.44. The van der Waals surface area contributed by atoms with Crippen molar-refractivity contribution >= 4 is 17.7 Å². The Balaban J connectivity index is 1.86. The fraction of sp³-hybridized carbons (Fsp3) is 0.588. The first-order chi connectivity index (χ1) is 10.2. The summed E-state index contributed by atoms with van der Waals surface area (Å²) in [6, 6.07) is 10.7. The van der Waals surface area contributed by atoms with Gasteiger partial charge in [0.15, 0.2) is 0 Å². The van der Waals surface area contributed by atoms with Crippen molar-refractivity contribution in [3.8, 4) is 0 Å². The van der Waals surface area contributed by atoms with Crippen molar-refractivity contribution < 1.29 is 4.79 Å². The fourth-order valence-corrected chi connectivity index (χ4v) is 3.75. The molecule has 3 nitrogen and oxygen atoms in total. The zero-order valence-electron chi connectivity index (χ0n) is 13.0. The number of hydrogen-bond donors (Lipinski definition) is 2. The predicted octanol–water partition coefficient (Wildman–Crippen LogP) is 2.81. The van der Waals surface area contributed by atoms with Crippen LogP contribution >= 0.6 is 11.8 Å². The molecule has 1 aromatic rings. The molecule has 1 aliphatic rings. The van der Waals surface area contributed by atoms with Crippen LogP contribution in [0.25, 0.3) is 0 Å². The van der Waals surface area contributed by atoms with Gasteiger partial charge in [-0.3, -0.25) is 4.79 Å². The van der Waals surface area contributed by atoms with Crippen LogP contribution in [-0.4, -0.2) is 30.3 Å². The molecule has 0 aromatic heterocycles. The molecule has 0 aliphatic carbocycles. The van der Waals surface area contributed by atoms with Crippen LogP contribution in [0.15, 0.2) is 30.3 Å². The van der Waals surface area contributed by atoms with Crippen LogP contribution in [0.1, 0.15) is 32.3 Å². The van der Waals surface area contributed by atoms with Gasteiger partial charge in [-0.15, -0.1) is 11.8 Å². The number of piperidine rings is 1. The highest BCUT2D eigenvalue weighted by Crippen LogP contribution is 2.24. The average molecular weight is 306 g/mol. The third kappa shape index (κ3) is 5.36. The van der Waals surface area contributed by atoms with Crippen LogP contribution in [0.3, 0.4) is 0 Å². The summed E-state index contributed by atoms with van der Waals surface area (Å²) in [5.74, 6) is 1.45. The number of amides is 1. The second-order valence-corrected chi connectivity index (χ2v) is 7.12. The van der Waals surface area contributed by atoms with E-state index in [-0.39, 0.29) is 11.2 Å². The highest BCUT2D eigenvalue weighted by molar-refractivity contribution is 7.99. The van der Waals surface area contributed by atoms with Gasteiger partial charge in [0.05, 0.1) is 5.25 Å². The van der Waals surface area contributed by atoms with E-state index in [0.717, 1.165) is 31.7 Å². The van der Waals surface area contributed by atoms with Crippen molar-refractivity contribution in [3.05, 3.63) is 35.9 Å². The zero-order chi connectivity index (χ0) is 15.1. The van der Waals surface area contributed by atoms with Gasteiger partial charge in [0.2, 0.25) is 5.91 Å². The molecule has 1 aliphatic heterocycles. The van der Waals surface area contributed by atoms with E-state index >= 15 is 0 Å². The summed E-state index contributed by atoms with van der Waals surface area (Å²) in [7, 11) is 0. The van der Waals surface area contributed by atoms with Gasteiger partial charge in [0.1, 0.15) is 0 Å². The molecule has 1 unspecified atom stereocenters. The van der Waals surface area contributed by atoms with Crippen LogP contribution in [0.2, 0.25) is 0 Å². The maximum atomic E-state index is 12.5. The smallest absolute Gasteiger partial charge is 0.233 e. The highest BCUT2D eigenvalue weighted by atomic mass is 32.2. The number of hydrogen-bond acceptors (Lipinski definition) is 3. The Morgan fingerprint density at radius 2 is 1.95 bits per heavy atom. The Morgan fingerprint density at radius 1 is 1.29 bits per heavy atom. The third-order valence-electron chi connectivity index (χ3n) is 3.82. The van der Waals surface area contributed by atoms with Gasteiger partial charge in [-0.25, -0.2) is 0 Å². The molecule has 0 spiro atoms. The molecule has 116 valence electrons. The van der Waals surface area contributed by atoms with Crippen LogP contribution in [0.4, 0.5) is 0 Å². The summed E-state index contributed by atoms with van der Waals surface area (Å²) in [6.45, 7) is 6.28. The Labute approximate surface area is 132 Å². The van der Waals surface area contributed by atoms with E-state index in [1.54, 1.807) is 11.8 Å². The van der Waals surface area contributed by atoms with E-state index in [9.17, 15) is 4.79 Å². The van der Waals surface area contributed by atoms with Crippen LogP contribution < -0.4 is 10.6 Å². The van der Waals surface area contributed by atoms with Crippen LogP contribution in [0, 0.1) is 5.92 Å². The quantitative estimate of drug-likeness (QED) is 0.849. The lowest BCUT2D eigenvalue weighted by molar-refractivity contribution is -0.122. The lowest BCUT2D eigenvalue weighted by Gasteiger charge is -2.27. The first-order valence-electron chi connectivity index (χ1n) is 7.83. The van der Waals surface area contributed by atoms with E-state index in [0.29, 0.717) is 12.0 Å². The predicted molar refractivity (Wildman–Crippen MR) is 90.4 cm³/mol. The zero-order valence-corrected chi connectivity index (χ0v) is 13.8. The molecule has 0 radical (unpaired) electrons. The first-order valence-corrected chi connectivity index (χ1v) is 8.88. The van der Waals surface area contributed by atoms with E-state index in [2.05, 4.69) is 48.7 Å². The van der Waals surface area contributed by atoms with E-state index < -0.39 is 0 Å². The molecule has 1 saturated heterocycles. The van der Waals surface area contributed by atoms with Crippen LogP contribution in [0.5, 0.6) is 0 Å². The normalized spacial score (nSPS) is 17.7. The first kappa shape index (κ1) is 16.4. The molecule has 2 rings (SSSR count). The maximum Gasteiger partial charge on any atom is 0.233 e. The largest absolute Gasteiger partial charge is 0.352 e. The SMILES string of the molecule is CC(C)C(SCc1ccccc1)C(=O)NC1CCNCC1. The molecular formula is C17H26N2OS. The van der Waals surface area contributed by atoms with Crippen molar-refractivity contribution in [3.63, 3.8) is 0 Å². The van der Waals surface area contributed by atoms with Gasteiger partial charge < -0.3 is 10.6 Å². The molecule has 1 aromatic carbocycles. The molecule has 1 heterocycles. The second-order valence-electron chi connectivity index (χ2n) is 5.99. The molecule has 1 fully saturated rings. The van der Waals surface area contributed by atoms with Crippen molar-refractivity contribution in [2.45, 2.75) is 43.7 Å². The molecule has 0 bridgehead atoms. The molecule has 4 heteroatoms. The van der Waals surface area contributed by atoms with Crippen molar-refractivity contribution in [1.82, 2.24) is 10.6 Å². The Hall–Kier alpha value is -1.00. The number of carbonyl (C=O) groups is 1. The minimum absolute atomic E-state index is 0.0279. The van der Waals surface area contributed by atoms with Gasteiger partial charge in [-0.1, -0.05) is 44.2 Å². The highest BCUT2D eigenvalue weighted by Gasteiger charge is 2.25. The average Bonchev–Trinajstić information content (AvgIpc) is 2.49. The van der Waals surface area contributed by atoms with Crippen molar-refractivity contribution in [2.75, 3.05) is 13.1 Å². The van der Waals surface area contributed by atoms with Crippen molar-refractivity contribution in [1.29, 1.82) is 0 Å². The van der Waals surface area contributed by atoms with E-state index in [1.807, 2.05) is 6.07 Å². The monoisotopic (exact) mass is 306 g/mol. The van der Waals surface area contributed by atoms with Crippen molar-refractivity contribution in [2.24, 2.45) is 5.92 Å². The van der Waals surface area contributed by atoms with Crippen LogP contribution in [-0.2, 0) is 10.5 Å². The van der Waals surface area contributed by atoms with E-state index in [4.69, 9.17) is 0 Å². The number of nitrogens with one attached hydrogen (secondary N) is 2. The topological polar surface area (TPSA) is 41.1 Å². The molecule has 0 saturated carbocycles. The molecule has 2 N–H and O–H groups in total. The minimum Gasteiger partial charge on any atom is -0.352 e. The summed E-state index contributed by atoms with van der Waals surface area (Å²) in [6.07, 6.45) is 2.08. The Morgan fingerprint density at radius 3 is 2.57 bits per heavy atom.